The average Bonchev–Trinajstić information content (AvgIpc) is 2.75. The van der Waals surface area contributed by atoms with Crippen LogP contribution in [0.5, 0.6) is 5.75 Å². The van der Waals surface area contributed by atoms with Crippen LogP contribution >= 0.6 is 27.5 Å². The Kier molecular flexibility index (Phi) is 7.51. The summed E-state index contributed by atoms with van der Waals surface area (Å²) in [6, 6.07) is 20.5. The summed E-state index contributed by atoms with van der Waals surface area (Å²) in [6.07, 6.45) is 1.54. The molecule has 0 heterocycles. The lowest BCUT2D eigenvalue weighted by atomic mass is 10.1. The Morgan fingerprint density at radius 3 is 2.65 bits per heavy atom. The van der Waals surface area contributed by atoms with Gasteiger partial charge in [-0.15, -0.1) is 0 Å². The number of nitriles is 1. The number of nitrogens with one attached hydrogen (secondary N) is 1. The summed E-state index contributed by atoms with van der Waals surface area (Å²) in [5.74, 6) is 0.182. The normalized spacial score (nSPS) is 11.0. The summed E-state index contributed by atoms with van der Waals surface area (Å²) in [6.45, 7) is 4.23. The molecule has 0 unspecified atom stereocenters. The van der Waals surface area contributed by atoms with E-state index in [1.807, 2.05) is 62.4 Å². The molecule has 0 aliphatic rings. The Hall–Kier alpha value is -3.07. The molecule has 0 saturated carbocycles. The Labute approximate surface area is 195 Å². The first-order valence-electron chi connectivity index (χ1n) is 9.54. The second kappa shape index (κ2) is 10.3. The minimum atomic E-state index is -0.452. The molecule has 0 radical (unpaired) electrons. The van der Waals surface area contributed by atoms with Gasteiger partial charge >= 0.3 is 0 Å². The van der Waals surface area contributed by atoms with E-state index in [1.165, 1.54) is 0 Å². The summed E-state index contributed by atoms with van der Waals surface area (Å²) in [5, 5.41) is 13.0. The van der Waals surface area contributed by atoms with Gasteiger partial charge in [0.2, 0.25) is 0 Å². The number of rotatable bonds is 6. The van der Waals surface area contributed by atoms with Crippen LogP contribution in [0.4, 0.5) is 5.69 Å². The minimum Gasteiger partial charge on any atom is -0.488 e. The molecule has 0 aliphatic heterocycles. The van der Waals surface area contributed by atoms with E-state index in [1.54, 1.807) is 24.3 Å². The zero-order valence-corrected chi connectivity index (χ0v) is 19.4. The molecule has 0 atom stereocenters. The lowest BCUT2D eigenvalue weighted by Gasteiger charge is -2.11. The Morgan fingerprint density at radius 2 is 1.94 bits per heavy atom. The van der Waals surface area contributed by atoms with Crippen molar-refractivity contribution in [2.45, 2.75) is 20.5 Å². The molecule has 31 heavy (non-hydrogen) atoms. The van der Waals surface area contributed by atoms with Crippen molar-refractivity contribution in [3.05, 3.63) is 98.0 Å². The number of hydrogen-bond donors (Lipinski definition) is 1. The van der Waals surface area contributed by atoms with Gasteiger partial charge in [-0.05, 0) is 76.8 Å². The van der Waals surface area contributed by atoms with Crippen molar-refractivity contribution in [3.63, 3.8) is 0 Å². The van der Waals surface area contributed by atoms with Crippen molar-refractivity contribution < 1.29 is 9.53 Å². The average molecular weight is 496 g/mol. The molecule has 0 aromatic heterocycles. The maximum Gasteiger partial charge on any atom is 0.266 e. The number of nitrogens with zero attached hydrogens (tertiary/aromatic N) is 1. The Bertz CT molecular complexity index is 1200. The summed E-state index contributed by atoms with van der Waals surface area (Å²) in [4.78, 5) is 12.6. The van der Waals surface area contributed by atoms with Gasteiger partial charge in [0.05, 0.1) is 4.47 Å². The molecular weight excluding hydrogens is 476 g/mol. The van der Waals surface area contributed by atoms with E-state index in [4.69, 9.17) is 16.3 Å². The molecule has 1 N–H and O–H groups in total. The lowest BCUT2D eigenvalue weighted by Crippen LogP contribution is -2.14. The van der Waals surface area contributed by atoms with Crippen molar-refractivity contribution in [1.29, 1.82) is 5.26 Å². The quantitative estimate of drug-likeness (QED) is 0.301. The number of carbonyl (C=O) groups excluding carboxylic acids is 1. The fraction of sp³-hybridized carbons (Fsp3) is 0.120. The molecule has 6 heteroatoms. The highest BCUT2D eigenvalue weighted by Gasteiger charge is 2.12. The van der Waals surface area contributed by atoms with Crippen molar-refractivity contribution >= 4 is 45.2 Å². The van der Waals surface area contributed by atoms with Crippen LogP contribution in [0.2, 0.25) is 5.02 Å². The highest BCUT2D eigenvalue weighted by Crippen LogP contribution is 2.29. The van der Waals surface area contributed by atoms with E-state index in [0.717, 1.165) is 16.7 Å². The molecule has 0 saturated heterocycles. The van der Waals surface area contributed by atoms with E-state index in [9.17, 15) is 10.1 Å². The third-order valence-electron chi connectivity index (χ3n) is 4.83. The van der Waals surface area contributed by atoms with E-state index in [2.05, 4.69) is 21.2 Å². The molecule has 0 spiro atoms. The molecule has 3 aromatic rings. The summed E-state index contributed by atoms with van der Waals surface area (Å²) in [7, 11) is 0. The number of amides is 1. The molecule has 3 rings (SSSR count). The third kappa shape index (κ3) is 5.75. The van der Waals surface area contributed by atoms with Gasteiger partial charge in [-0.2, -0.15) is 5.26 Å². The maximum absolute atomic E-state index is 12.6. The predicted molar refractivity (Wildman–Crippen MR) is 128 cm³/mol. The van der Waals surface area contributed by atoms with Crippen LogP contribution < -0.4 is 10.1 Å². The van der Waals surface area contributed by atoms with E-state index >= 15 is 0 Å². The van der Waals surface area contributed by atoms with E-state index < -0.39 is 5.91 Å². The van der Waals surface area contributed by atoms with Crippen molar-refractivity contribution in [2.75, 3.05) is 5.32 Å². The topological polar surface area (TPSA) is 62.1 Å². The van der Waals surface area contributed by atoms with Crippen LogP contribution in [0.15, 0.2) is 70.7 Å². The van der Waals surface area contributed by atoms with Gasteiger partial charge in [0.15, 0.2) is 0 Å². The van der Waals surface area contributed by atoms with Gasteiger partial charge in [0, 0.05) is 16.3 Å². The number of carbonyl (C=O) groups is 1. The van der Waals surface area contributed by atoms with Gasteiger partial charge in [0.25, 0.3) is 5.91 Å². The molecule has 0 bridgehead atoms. The Balaban J connectivity index is 1.74. The number of hydrogen-bond acceptors (Lipinski definition) is 3. The van der Waals surface area contributed by atoms with Gasteiger partial charge in [0.1, 0.15) is 24.0 Å². The second-order valence-electron chi connectivity index (χ2n) is 6.94. The zero-order chi connectivity index (χ0) is 22.4. The number of ether oxygens (including phenoxy) is 1. The number of halogens is 2. The van der Waals surface area contributed by atoms with Gasteiger partial charge in [-0.25, -0.2) is 0 Å². The van der Waals surface area contributed by atoms with Crippen LogP contribution in [0.1, 0.15) is 22.3 Å². The first kappa shape index (κ1) is 22.6. The summed E-state index contributed by atoms with van der Waals surface area (Å²) >= 11 is 9.66. The number of anilines is 1. The highest BCUT2D eigenvalue weighted by molar-refractivity contribution is 9.10. The van der Waals surface area contributed by atoms with E-state index in [0.29, 0.717) is 33.1 Å². The largest absolute Gasteiger partial charge is 0.488 e. The maximum atomic E-state index is 12.6. The van der Waals surface area contributed by atoms with E-state index in [-0.39, 0.29) is 5.57 Å². The Morgan fingerprint density at radius 1 is 1.16 bits per heavy atom. The standard InChI is InChI=1S/C25H20BrClN2O2/c1-16-6-5-9-23(17(16)2)29-25(30)20(14-28)12-18-10-11-24(21(26)13-18)31-15-19-7-3-4-8-22(19)27/h3-13H,15H2,1-2H3,(H,29,30)/b20-12+. The summed E-state index contributed by atoms with van der Waals surface area (Å²) in [5.41, 5.74) is 4.32. The lowest BCUT2D eigenvalue weighted by molar-refractivity contribution is -0.112. The van der Waals surface area contributed by atoms with Crippen LogP contribution in [-0.2, 0) is 11.4 Å². The summed E-state index contributed by atoms with van der Waals surface area (Å²) < 4.78 is 6.55. The first-order valence-corrected chi connectivity index (χ1v) is 10.7. The fourth-order valence-corrected chi connectivity index (χ4v) is 3.59. The molecular formula is C25H20BrClN2O2. The van der Waals surface area contributed by atoms with Crippen molar-refractivity contribution in [1.82, 2.24) is 0 Å². The molecule has 0 aliphatic carbocycles. The van der Waals surface area contributed by atoms with Crippen LogP contribution in [0.25, 0.3) is 6.08 Å². The minimum absolute atomic E-state index is 0.0116. The van der Waals surface area contributed by atoms with Crippen molar-refractivity contribution in [3.8, 4) is 11.8 Å². The van der Waals surface area contributed by atoms with Crippen LogP contribution in [-0.4, -0.2) is 5.91 Å². The van der Waals surface area contributed by atoms with Gasteiger partial charge < -0.3 is 10.1 Å². The monoisotopic (exact) mass is 494 g/mol. The van der Waals surface area contributed by atoms with Crippen molar-refractivity contribution in [2.24, 2.45) is 0 Å². The molecule has 156 valence electrons. The smallest absolute Gasteiger partial charge is 0.266 e. The first-order chi connectivity index (χ1) is 14.9. The van der Waals surface area contributed by atoms with Crippen LogP contribution in [0.3, 0.4) is 0 Å². The number of benzene rings is 3. The van der Waals surface area contributed by atoms with Crippen LogP contribution in [0, 0.1) is 25.2 Å². The zero-order valence-electron chi connectivity index (χ0n) is 17.1. The highest BCUT2D eigenvalue weighted by atomic mass is 79.9. The van der Waals surface area contributed by atoms with Gasteiger partial charge in [-0.1, -0.05) is 48.0 Å². The van der Waals surface area contributed by atoms with Gasteiger partial charge in [-0.3, -0.25) is 4.79 Å². The molecule has 0 fully saturated rings. The predicted octanol–water partition coefficient (Wildman–Crippen LogP) is 6.84. The third-order valence-corrected chi connectivity index (χ3v) is 5.81. The SMILES string of the molecule is Cc1cccc(NC(=O)/C(C#N)=C/c2ccc(OCc3ccccc3Cl)c(Br)c2)c1C. The molecule has 4 nitrogen and oxygen atoms in total. The second-order valence-corrected chi connectivity index (χ2v) is 8.20. The fourth-order valence-electron chi connectivity index (χ4n) is 2.89. The molecule has 1 amide bonds. The molecule has 3 aromatic carbocycles. The number of aryl methyl sites for hydroxylation is 1.